The predicted molar refractivity (Wildman–Crippen MR) is 81.2 cm³/mol. The summed E-state index contributed by atoms with van der Waals surface area (Å²) in [4.78, 5) is 0. The van der Waals surface area contributed by atoms with E-state index >= 15 is 0 Å². The Kier molecular flexibility index (Phi) is 3.36. The number of hydrogen-bond donors (Lipinski definition) is 1. The van der Waals surface area contributed by atoms with E-state index in [9.17, 15) is 4.39 Å². The van der Waals surface area contributed by atoms with E-state index in [2.05, 4.69) is 30.4 Å². The summed E-state index contributed by atoms with van der Waals surface area (Å²) in [6.45, 7) is 2.72. The van der Waals surface area contributed by atoms with Crippen LogP contribution in [0.2, 0.25) is 5.02 Å². The molecule has 0 aliphatic carbocycles. The smallest absolute Gasteiger partial charge is 0.130 e. The van der Waals surface area contributed by atoms with Gasteiger partial charge in [0.05, 0.1) is 5.54 Å². The summed E-state index contributed by atoms with van der Waals surface area (Å²) in [5, 5.41) is 3.99. The zero-order chi connectivity index (χ0) is 14.2. The minimum absolute atomic E-state index is 0.236. The summed E-state index contributed by atoms with van der Waals surface area (Å²) in [5.74, 6) is -0.236. The largest absolute Gasteiger partial charge is 0.300 e. The van der Waals surface area contributed by atoms with Crippen LogP contribution in [-0.2, 0) is 5.54 Å². The van der Waals surface area contributed by atoms with Crippen LogP contribution in [0.4, 0.5) is 4.39 Å². The van der Waals surface area contributed by atoms with Gasteiger partial charge in [0.25, 0.3) is 0 Å². The number of rotatable bonds is 2. The second kappa shape index (κ2) is 5.04. The molecule has 3 heteroatoms. The monoisotopic (exact) mass is 287 g/mol. The molecule has 1 nitrogen and oxygen atoms in total. The fourth-order valence-electron chi connectivity index (χ4n) is 2.62. The molecule has 0 unspecified atom stereocenters. The van der Waals surface area contributed by atoms with Crippen molar-refractivity contribution < 1.29 is 4.39 Å². The Balaban J connectivity index is 2.01. The van der Waals surface area contributed by atoms with Crippen molar-refractivity contribution in [1.82, 2.24) is 5.32 Å². The lowest BCUT2D eigenvalue weighted by atomic mass is 9.92. The lowest BCUT2D eigenvalue weighted by Crippen LogP contribution is -2.33. The van der Waals surface area contributed by atoms with Gasteiger partial charge in [0, 0.05) is 17.1 Å². The molecule has 0 radical (unpaired) electrons. The first-order valence-corrected chi connectivity index (χ1v) is 6.94. The number of nitrogens with one attached hydrogen (secondary N) is 1. The number of halogens is 2. The Morgan fingerprint density at radius 2 is 1.90 bits per heavy atom. The number of hydrogen-bond acceptors (Lipinski definition) is 1. The van der Waals surface area contributed by atoms with Crippen molar-refractivity contribution in [3.8, 4) is 0 Å². The first kappa shape index (κ1) is 13.3. The quantitative estimate of drug-likeness (QED) is 0.864. The third-order valence-corrected chi connectivity index (χ3v) is 3.99. The fraction of sp³-hybridized carbons (Fsp3) is 0.176. The Morgan fingerprint density at radius 3 is 2.65 bits per heavy atom. The normalized spacial score (nSPS) is 21.9. The zero-order valence-electron chi connectivity index (χ0n) is 11.2. The van der Waals surface area contributed by atoms with Gasteiger partial charge in [-0.1, -0.05) is 48.0 Å². The van der Waals surface area contributed by atoms with Crippen LogP contribution in [0, 0.1) is 5.82 Å². The molecule has 20 heavy (non-hydrogen) atoms. The van der Waals surface area contributed by atoms with Crippen molar-refractivity contribution in [3.63, 3.8) is 0 Å². The van der Waals surface area contributed by atoms with Crippen LogP contribution in [0.1, 0.15) is 18.1 Å². The second-order valence-electron chi connectivity index (χ2n) is 5.22. The molecule has 3 rings (SSSR count). The molecule has 0 bridgehead atoms. The molecule has 2 aromatic rings. The molecule has 1 aliphatic rings. The van der Waals surface area contributed by atoms with Gasteiger partial charge in [0.2, 0.25) is 0 Å². The molecule has 1 N–H and O–H groups in total. The maximum Gasteiger partial charge on any atom is 0.130 e. The van der Waals surface area contributed by atoms with Crippen molar-refractivity contribution in [3.05, 3.63) is 76.6 Å². The van der Waals surface area contributed by atoms with Crippen LogP contribution in [0.3, 0.4) is 0 Å². The van der Waals surface area contributed by atoms with Crippen LogP contribution in [0.25, 0.3) is 5.57 Å². The third kappa shape index (κ3) is 2.37. The van der Waals surface area contributed by atoms with E-state index < -0.39 is 0 Å². The van der Waals surface area contributed by atoms with Gasteiger partial charge < -0.3 is 5.32 Å². The highest BCUT2D eigenvalue weighted by molar-refractivity contribution is 6.30. The van der Waals surface area contributed by atoms with Crippen molar-refractivity contribution in [1.29, 1.82) is 0 Å². The highest BCUT2D eigenvalue weighted by Gasteiger charge is 2.30. The van der Waals surface area contributed by atoms with Crippen molar-refractivity contribution in [2.45, 2.75) is 12.5 Å². The highest BCUT2D eigenvalue weighted by atomic mass is 35.5. The van der Waals surface area contributed by atoms with E-state index in [4.69, 9.17) is 11.6 Å². The van der Waals surface area contributed by atoms with E-state index in [0.717, 1.165) is 11.1 Å². The van der Waals surface area contributed by atoms with E-state index in [1.54, 1.807) is 12.1 Å². The maximum absolute atomic E-state index is 13.9. The molecule has 0 saturated carbocycles. The molecule has 1 atom stereocenters. The Labute approximate surface area is 123 Å². The van der Waals surface area contributed by atoms with Gasteiger partial charge in [-0.3, -0.25) is 0 Å². The molecule has 0 aromatic heterocycles. The molecule has 2 aromatic carbocycles. The van der Waals surface area contributed by atoms with Crippen molar-refractivity contribution in [2.24, 2.45) is 0 Å². The molecule has 102 valence electrons. The van der Waals surface area contributed by atoms with Gasteiger partial charge in [-0.25, -0.2) is 4.39 Å². The summed E-state index contributed by atoms with van der Waals surface area (Å²) in [5.41, 5.74) is 2.41. The van der Waals surface area contributed by atoms with Crippen molar-refractivity contribution >= 4 is 17.2 Å². The summed E-state index contributed by atoms with van der Waals surface area (Å²) in [7, 11) is 0. The second-order valence-corrected chi connectivity index (χ2v) is 5.65. The minimum atomic E-state index is -0.272. The summed E-state index contributed by atoms with van der Waals surface area (Å²) >= 11 is 5.97. The lowest BCUT2D eigenvalue weighted by molar-refractivity contribution is 0.511. The topological polar surface area (TPSA) is 12.0 Å². The molecule has 0 fully saturated rings. The molecule has 0 amide bonds. The number of benzene rings is 2. The third-order valence-electron chi connectivity index (χ3n) is 3.76. The Morgan fingerprint density at radius 1 is 1.15 bits per heavy atom. The maximum atomic E-state index is 13.9. The van der Waals surface area contributed by atoms with Gasteiger partial charge in [-0.2, -0.15) is 0 Å². The van der Waals surface area contributed by atoms with Crippen molar-refractivity contribution in [2.75, 3.05) is 6.54 Å². The summed E-state index contributed by atoms with van der Waals surface area (Å²) < 4.78 is 13.9. The molecular formula is C17H15ClFN. The van der Waals surface area contributed by atoms with Crippen LogP contribution >= 0.6 is 11.6 Å². The van der Waals surface area contributed by atoms with Crippen LogP contribution in [0.15, 0.2) is 54.6 Å². The predicted octanol–water partition coefficient (Wildman–Crippen LogP) is 4.38. The average Bonchev–Trinajstić information content (AvgIpc) is 2.86. The molecule has 1 heterocycles. The highest BCUT2D eigenvalue weighted by Crippen LogP contribution is 2.33. The van der Waals surface area contributed by atoms with E-state index in [-0.39, 0.29) is 11.4 Å². The SMILES string of the molecule is C[C@@]1(c2ccccc2)C=C(c2cc(Cl)ccc2F)CN1. The van der Waals surface area contributed by atoms with Gasteiger partial charge in [0.1, 0.15) is 5.82 Å². The van der Waals surface area contributed by atoms with Gasteiger partial charge in [-0.15, -0.1) is 0 Å². The Bertz CT molecular complexity index is 666. The van der Waals surface area contributed by atoms with E-state index in [0.29, 0.717) is 17.1 Å². The van der Waals surface area contributed by atoms with Gasteiger partial charge in [-0.05, 0) is 36.3 Å². The fourth-order valence-corrected chi connectivity index (χ4v) is 2.79. The molecular weight excluding hydrogens is 273 g/mol. The molecule has 0 saturated heterocycles. The van der Waals surface area contributed by atoms with E-state index in [1.165, 1.54) is 6.07 Å². The standard InChI is InChI=1S/C17H15ClFN/c1-17(13-5-3-2-4-6-13)10-12(11-20-17)15-9-14(18)7-8-16(15)19/h2-10,20H,11H2,1H3/t17-/m0/s1. The average molecular weight is 288 g/mol. The minimum Gasteiger partial charge on any atom is -0.300 e. The summed E-state index contributed by atoms with van der Waals surface area (Å²) in [6.07, 6.45) is 2.08. The molecule has 0 spiro atoms. The zero-order valence-corrected chi connectivity index (χ0v) is 11.9. The molecule has 1 aliphatic heterocycles. The summed E-state index contributed by atoms with van der Waals surface area (Å²) in [6, 6.07) is 14.8. The first-order valence-electron chi connectivity index (χ1n) is 6.56. The van der Waals surface area contributed by atoms with E-state index in [1.807, 2.05) is 18.2 Å². The van der Waals surface area contributed by atoms with Gasteiger partial charge in [0.15, 0.2) is 0 Å². The Hall–Kier alpha value is -1.64. The first-order chi connectivity index (χ1) is 9.58. The lowest BCUT2D eigenvalue weighted by Gasteiger charge is -2.23. The van der Waals surface area contributed by atoms with Crippen LogP contribution < -0.4 is 5.32 Å². The van der Waals surface area contributed by atoms with Crippen LogP contribution in [0.5, 0.6) is 0 Å². The van der Waals surface area contributed by atoms with Crippen LogP contribution in [-0.4, -0.2) is 6.54 Å². The van der Waals surface area contributed by atoms with Gasteiger partial charge >= 0.3 is 0 Å².